The highest BCUT2D eigenvalue weighted by atomic mass is 15.1. The Bertz CT molecular complexity index is 2360. The Kier molecular flexibility index (Phi) is 6.58. The van der Waals surface area contributed by atoms with Gasteiger partial charge in [-0.1, -0.05) is 123 Å². The van der Waals surface area contributed by atoms with Gasteiger partial charge in [-0.15, -0.1) is 0 Å². The molecule has 0 amide bonds. The number of rotatable bonds is 5. The van der Waals surface area contributed by atoms with Gasteiger partial charge in [-0.25, -0.2) is 0 Å². The van der Waals surface area contributed by atoms with Crippen molar-refractivity contribution >= 4 is 44.4 Å². The van der Waals surface area contributed by atoms with Crippen molar-refractivity contribution in [3.05, 3.63) is 187 Å². The first-order valence-corrected chi connectivity index (χ1v) is 16.8. The minimum Gasteiger partial charge on any atom is -0.310 e. The highest BCUT2D eigenvalue weighted by Gasteiger charge is 2.38. The number of hydrogen-bond donors (Lipinski definition) is 0. The summed E-state index contributed by atoms with van der Waals surface area (Å²) in [7, 11) is 0. The lowest BCUT2D eigenvalue weighted by Crippen LogP contribution is -2.15. The van der Waals surface area contributed by atoms with E-state index in [-0.39, 0.29) is 5.41 Å². The zero-order valence-electron chi connectivity index (χ0n) is 27.3. The molecule has 0 N–H and O–H groups in total. The summed E-state index contributed by atoms with van der Waals surface area (Å²) in [6.07, 6.45) is 10.1. The number of anilines is 3. The van der Waals surface area contributed by atoms with Gasteiger partial charge in [0.25, 0.3) is 0 Å². The van der Waals surface area contributed by atoms with Crippen LogP contribution in [-0.4, -0.2) is 4.57 Å². The second-order valence-electron chi connectivity index (χ2n) is 13.4. The summed E-state index contributed by atoms with van der Waals surface area (Å²) >= 11 is 0. The molecule has 0 unspecified atom stereocenters. The minimum absolute atomic E-state index is 0.0119. The Morgan fingerprint density at radius 2 is 1.17 bits per heavy atom. The number of benzene rings is 6. The van der Waals surface area contributed by atoms with Crippen molar-refractivity contribution in [2.75, 3.05) is 4.90 Å². The fourth-order valence-electron chi connectivity index (χ4n) is 7.87. The highest BCUT2D eigenvalue weighted by Crippen LogP contribution is 2.52. The Labute approximate surface area is 282 Å². The quantitative estimate of drug-likeness (QED) is 0.187. The summed E-state index contributed by atoms with van der Waals surface area (Å²) < 4.78 is 2.37. The van der Waals surface area contributed by atoms with E-state index in [1.807, 2.05) is 0 Å². The maximum Gasteiger partial charge on any atom is 0.0541 e. The van der Waals surface area contributed by atoms with Crippen LogP contribution in [0.5, 0.6) is 0 Å². The summed E-state index contributed by atoms with van der Waals surface area (Å²) in [5, 5.41) is 2.56. The fourth-order valence-corrected chi connectivity index (χ4v) is 7.87. The molecule has 0 atom stereocenters. The Morgan fingerprint density at radius 3 is 1.85 bits per heavy atom. The van der Waals surface area contributed by atoms with Crippen molar-refractivity contribution in [1.29, 1.82) is 0 Å². The first kappa shape index (κ1) is 28.4. The van der Waals surface area contributed by atoms with Crippen molar-refractivity contribution in [3.8, 4) is 16.8 Å². The molecular formula is C46H36N2. The maximum absolute atomic E-state index is 2.40. The molecule has 0 saturated heterocycles. The van der Waals surface area contributed by atoms with E-state index in [0.29, 0.717) is 0 Å². The molecule has 1 heterocycles. The van der Waals surface area contributed by atoms with E-state index in [1.165, 1.54) is 60.9 Å². The van der Waals surface area contributed by atoms with Gasteiger partial charge < -0.3 is 9.47 Å². The summed E-state index contributed by atoms with van der Waals surface area (Å²) in [4.78, 5) is 2.37. The van der Waals surface area contributed by atoms with Crippen molar-refractivity contribution in [3.63, 3.8) is 0 Å². The topological polar surface area (TPSA) is 8.17 Å². The highest BCUT2D eigenvalue weighted by molar-refractivity contribution is 6.09. The molecule has 0 fully saturated rings. The molecule has 1 aromatic heterocycles. The van der Waals surface area contributed by atoms with Crippen LogP contribution in [0, 0.1) is 0 Å². The van der Waals surface area contributed by atoms with Gasteiger partial charge in [0.05, 0.1) is 11.0 Å². The van der Waals surface area contributed by atoms with Crippen LogP contribution >= 0.6 is 0 Å². The molecular weight excluding hydrogens is 581 g/mol. The molecule has 2 heteroatoms. The molecule has 2 nitrogen and oxygen atoms in total. The zero-order chi connectivity index (χ0) is 32.2. The average Bonchev–Trinajstić information content (AvgIpc) is 3.40. The standard InChI is InChI=1S/C46H36N2/c1-46(2)42-18-8-4-7-15-38(42)41-31-37(29-30-43(41)46)47(34-13-5-3-6-14-34)35-25-21-32(22-26-35)33-23-27-36(28-24-33)48-44-19-11-9-16-39(44)40-17-10-12-20-45(40)48/h3-7,9-31H,8H2,1-2H3. The number of allylic oxidation sites excluding steroid dienone is 6. The fraction of sp³-hybridized carbons (Fsp3) is 0.0870. The number of hydrogen-bond acceptors (Lipinski definition) is 1. The van der Waals surface area contributed by atoms with Gasteiger partial charge in [0.1, 0.15) is 0 Å². The number of para-hydroxylation sites is 3. The van der Waals surface area contributed by atoms with E-state index in [4.69, 9.17) is 0 Å². The van der Waals surface area contributed by atoms with E-state index < -0.39 is 0 Å². The first-order valence-electron chi connectivity index (χ1n) is 16.8. The van der Waals surface area contributed by atoms with Crippen LogP contribution < -0.4 is 4.90 Å². The molecule has 2 aliphatic carbocycles. The van der Waals surface area contributed by atoms with Crippen LogP contribution in [0.4, 0.5) is 17.1 Å². The molecule has 0 bridgehead atoms. The van der Waals surface area contributed by atoms with Gasteiger partial charge in [0, 0.05) is 38.9 Å². The number of nitrogens with zero attached hydrogens (tertiary/aromatic N) is 2. The molecule has 0 aliphatic heterocycles. The Hall–Kier alpha value is -5.86. The summed E-state index contributed by atoms with van der Waals surface area (Å²) in [5.41, 5.74) is 14.9. The molecule has 0 spiro atoms. The van der Waals surface area contributed by atoms with Crippen LogP contribution in [0.15, 0.2) is 175 Å². The zero-order valence-corrected chi connectivity index (χ0v) is 27.3. The summed E-state index contributed by atoms with van der Waals surface area (Å²) in [6, 6.07) is 53.0. The van der Waals surface area contributed by atoms with Crippen molar-refractivity contribution in [1.82, 2.24) is 4.57 Å². The van der Waals surface area contributed by atoms with Crippen molar-refractivity contribution < 1.29 is 0 Å². The van der Waals surface area contributed by atoms with Gasteiger partial charge in [-0.3, -0.25) is 0 Å². The molecule has 0 saturated carbocycles. The second kappa shape index (κ2) is 11.1. The van der Waals surface area contributed by atoms with Crippen molar-refractivity contribution in [2.45, 2.75) is 25.7 Å². The molecule has 0 radical (unpaired) electrons. The van der Waals surface area contributed by atoms with Crippen LogP contribution in [-0.2, 0) is 5.41 Å². The summed E-state index contributed by atoms with van der Waals surface area (Å²) in [5.74, 6) is 0. The third-order valence-corrected chi connectivity index (χ3v) is 10.2. The van der Waals surface area contributed by atoms with E-state index >= 15 is 0 Å². The minimum atomic E-state index is -0.0119. The van der Waals surface area contributed by atoms with Gasteiger partial charge >= 0.3 is 0 Å². The van der Waals surface area contributed by atoms with E-state index in [9.17, 15) is 0 Å². The molecule has 6 aromatic carbocycles. The van der Waals surface area contributed by atoms with Gasteiger partial charge in [-0.05, 0) is 100 Å². The lowest BCUT2D eigenvalue weighted by Gasteiger charge is -2.27. The Morgan fingerprint density at radius 1 is 0.583 bits per heavy atom. The third-order valence-electron chi connectivity index (χ3n) is 10.2. The first-order chi connectivity index (χ1) is 23.6. The normalized spacial score (nSPS) is 14.7. The molecule has 7 aromatic rings. The number of fused-ring (bicyclic) bond motifs is 6. The van der Waals surface area contributed by atoms with Crippen molar-refractivity contribution in [2.24, 2.45) is 0 Å². The van der Waals surface area contributed by atoms with Crippen LogP contribution in [0.2, 0.25) is 0 Å². The second-order valence-corrected chi connectivity index (χ2v) is 13.4. The van der Waals surface area contributed by atoms with Crippen LogP contribution in [0.3, 0.4) is 0 Å². The van der Waals surface area contributed by atoms with Gasteiger partial charge in [-0.2, -0.15) is 0 Å². The van der Waals surface area contributed by atoms with Crippen LogP contribution in [0.25, 0.3) is 44.2 Å². The maximum atomic E-state index is 2.40. The molecule has 9 rings (SSSR count). The van der Waals surface area contributed by atoms with E-state index in [0.717, 1.165) is 23.5 Å². The predicted molar refractivity (Wildman–Crippen MR) is 204 cm³/mol. The van der Waals surface area contributed by atoms with E-state index in [1.54, 1.807) is 0 Å². The third kappa shape index (κ3) is 4.48. The number of aromatic nitrogens is 1. The lowest BCUT2D eigenvalue weighted by atomic mass is 9.82. The van der Waals surface area contributed by atoms with E-state index in [2.05, 4.69) is 193 Å². The largest absolute Gasteiger partial charge is 0.310 e. The molecule has 2 aliphatic rings. The predicted octanol–water partition coefficient (Wildman–Crippen LogP) is 12.5. The molecule has 230 valence electrons. The van der Waals surface area contributed by atoms with Crippen LogP contribution in [0.1, 0.15) is 31.4 Å². The lowest BCUT2D eigenvalue weighted by molar-refractivity contribution is 0.658. The Balaban J connectivity index is 1.08. The molecule has 48 heavy (non-hydrogen) atoms. The average molecular weight is 617 g/mol. The summed E-state index contributed by atoms with van der Waals surface area (Å²) in [6.45, 7) is 4.71. The van der Waals surface area contributed by atoms with Gasteiger partial charge in [0.2, 0.25) is 0 Å². The SMILES string of the molecule is CC1(C)C2=CCC=CC=C2c2cc(N(c3ccccc3)c3ccc(-c4ccc(-n5c6ccccc6c6ccccc65)cc4)cc3)ccc21. The van der Waals surface area contributed by atoms with Gasteiger partial charge in [0.15, 0.2) is 0 Å². The monoisotopic (exact) mass is 616 g/mol. The smallest absolute Gasteiger partial charge is 0.0541 e.